The molecule has 0 aliphatic carbocycles. The summed E-state index contributed by atoms with van der Waals surface area (Å²) in [6.07, 6.45) is 0. The lowest BCUT2D eigenvalue weighted by molar-refractivity contribution is 1.18. The zero-order valence-corrected chi connectivity index (χ0v) is 57.6. The number of hydrogen-bond donors (Lipinski definition) is 0. The van der Waals surface area contributed by atoms with Gasteiger partial charge in [-0.3, -0.25) is 0 Å². The van der Waals surface area contributed by atoms with Crippen molar-refractivity contribution < 1.29 is 0 Å². The summed E-state index contributed by atoms with van der Waals surface area (Å²) in [6, 6.07) is 135. The minimum absolute atomic E-state index is 0.652. The molecule has 0 N–H and O–H groups in total. The first-order chi connectivity index (χ1) is 52.5. The van der Waals surface area contributed by atoms with E-state index < -0.39 is 0 Å². The molecule has 0 aliphatic rings. The highest BCUT2D eigenvalue weighted by atomic mass is 15.0. The first-order valence-corrected chi connectivity index (χ1v) is 36.0. The first kappa shape index (κ1) is 61.4. The highest BCUT2D eigenvalue weighted by Crippen LogP contribution is 2.47. The van der Waals surface area contributed by atoms with Gasteiger partial charge in [0.05, 0.1) is 35.2 Å². The molecular formula is C102H62N4. The Labute approximate surface area is 612 Å². The van der Waals surface area contributed by atoms with E-state index in [2.05, 4.69) is 359 Å². The van der Waals surface area contributed by atoms with Crippen LogP contribution in [0.25, 0.3) is 207 Å². The monoisotopic (exact) mass is 1340 g/mol. The summed E-state index contributed by atoms with van der Waals surface area (Å²) in [7, 11) is 0. The lowest BCUT2D eigenvalue weighted by Gasteiger charge is -2.17. The molecule has 21 aromatic rings. The van der Waals surface area contributed by atoms with Gasteiger partial charge in [0, 0.05) is 22.1 Å². The van der Waals surface area contributed by atoms with Crippen LogP contribution in [0.4, 0.5) is 11.4 Å². The van der Waals surface area contributed by atoms with Crippen LogP contribution >= 0.6 is 0 Å². The molecule has 0 bridgehead atoms. The van der Waals surface area contributed by atoms with E-state index in [4.69, 9.17) is 13.1 Å². The molecule has 4 heteroatoms. The summed E-state index contributed by atoms with van der Waals surface area (Å²) in [5.74, 6) is 0. The normalized spacial score (nSPS) is 11.6. The number of fused-ring (bicyclic) bond motifs is 17. The van der Waals surface area contributed by atoms with Crippen LogP contribution in [0.5, 0.6) is 0 Å². The van der Waals surface area contributed by atoms with Gasteiger partial charge in [-0.25, -0.2) is 9.69 Å². The summed E-state index contributed by atoms with van der Waals surface area (Å²) in [5.41, 5.74) is 22.5. The molecule has 0 spiro atoms. The van der Waals surface area contributed by atoms with Crippen LogP contribution in [-0.2, 0) is 0 Å². The van der Waals surface area contributed by atoms with E-state index in [9.17, 15) is 0 Å². The van der Waals surface area contributed by atoms with Crippen molar-refractivity contribution in [3.63, 3.8) is 0 Å². The molecule has 2 heterocycles. The Bertz CT molecular complexity index is 7230. The van der Waals surface area contributed by atoms with E-state index in [0.29, 0.717) is 11.4 Å². The minimum Gasteiger partial charge on any atom is -0.309 e. The van der Waals surface area contributed by atoms with Crippen molar-refractivity contribution in [1.29, 1.82) is 0 Å². The van der Waals surface area contributed by atoms with Gasteiger partial charge < -0.3 is 9.13 Å². The van der Waals surface area contributed by atoms with Crippen LogP contribution < -0.4 is 0 Å². The molecular weight excluding hydrogens is 1280 g/mol. The third-order valence-corrected chi connectivity index (χ3v) is 21.8. The van der Waals surface area contributed by atoms with Crippen molar-refractivity contribution in [2.24, 2.45) is 0 Å². The van der Waals surface area contributed by atoms with Gasteiger partial charge in [0.15, 0.2) is 11.4 Å². The van der Waals surface area contributed by atoms with E-state index in [-0.39, 0.29) is 0 Å². The number of nitrogens with zero attached hydrogens (tertiary/aromatic N) is 4. The number of hydrogen-bond acceptors (Lipinski definition) is 0. The summed E-state index contributed by atoms with van der Waals surface area (Å²) in [6.45, 7) is 15.2. The Kier molecular flexibility index (Phi) is 14.7. The quantitative estimate of drug-likeness (QED) is 0.107. The fraction of sp³-hybridized carbons (Fsp3) is 0. The Morgan fingerprint density at radius 2 is 0.491 bits per heavy atom. The van der Waals surface area contributed by atoms with E-state index in [1.54, 1.807) is 0 Å². The maximum Gasteiger partial charge on any atom is 0.188 e. The second-order valence-corrected chi connectivity index (χ2v) is 27.5. The van der Waals surface area contributed by atoms with Crippen LogP contribution in [0, 0.1) is 13.1 Å². The Morgan fingerprint density at radius 1 is 0.170 bits per heavy atom. The highest BCUT2D eigenvalue weighted by molar-refractivity contribution is 6.26. The zero-order valence-electron chi connectivity index (χ0n) is 57.6. The third-order valence-electron chi connectivity index (χ3n) is 21.8. The van der Waals surface area contributed by atoms with Crippen molar-refractivity contribution in [3.8, 4) is 78.1 Å². The van der Waals surface area contributed by atoms with E-state index in [0.717, 1.165) is 77.2 Å². The Balaban J connectivity index is 0.000000141. The molecule has 0 aliphatic heterocycles. The smallest absolute Gasteiger partial charge is 0.188 e. The summed E-state index contributed by atoms with van der Waals surface area (Å²) >= 11 is 0. The molecule has 490 valence electrons. The standard InChI is InChI=1S/C53H32N2.C49H30N2/c1-54-38-27-29-52-51(31-38)46-28-26-37(30-53(46)55(52)39-14-3-2-4-15-39)34-22-24-36(25-23-34)47-32-49-45-20-10-9-19-44(45)48(33-50(49)43-18-8-7-17-42(43)47)41-21-11-13-35-12-5-6-16-40(35)41;1-50-36-25-27-48-47(29-36)42-26-24-35(28-49(42)51(48)37-14-6-3-7-15-37)32-20-22-34(23-21-32)44-31-46-40-18-10-8-16-38(40)43(33-12-4-2-5-13-33)30-45(46)41-19-11-9-17-39(41)44/h2-33H;2-31H. The van der Waals surface area contributed by atoms with Gasteiger partial charge in [-0.2, -0.15) is 0 Å². The SMILES string of the molecule is [C-]#[N+]c1ccc2c(c1)c1ccc(-c3ccc(-c4cc5c6ccccc6c(-c6cccc7ccccc67)cc5c5ccccc45)cc3)cc1n2-c1ccccc1.[C-]#[N+]c1ccc2c(c1)c1ccc(-c3ccc(-c4cc5c6ccccc6c(-c6ccccc6)cc5c5ccccc45)cc3)cc1n2-c1ccccc1. The Hall–Kier alpha value is -14.4. The fourth-order valence-corrected chi connectivity index (χ4v) is 16.8. The lowest BCUT2D eigenvalue weighted by Crippen LogP contribution is -1.93. The van der Waals surface area contributed by atoms with Crippen LogP contribution in [0.15, 0.2) is 376 Å². The summed E-state index contributed by atoms with van der Waals surface area (Å²) < 4.78 is 4.62. The van der Waals surface area contributed by atoms with Crippen LogP contribution in [0.3, 0.4) is 0 Å². The molecule has 2 aromatic heterocycles. The van der Waals surface area contributed by atoms with E-state index >= 15 is 0 Å². The molecule has 0 unspecified atom stereocenters. The third kappa shape index (κ3) is 10.2. The predicted octanol–water partition coefficient (Wildman–Crippen LogP) is 28.7. The molecule has 0 saturated carbocycles. The van der Waals surface area contributed by atoms with Gasteiger partial charge in [-0.1, -0.05) is 291 Å². The molecule has 4 nitrogen and oxygen atoms in total. The Morgan fingerprint density at radius 3 is 0.906 bits per heavy atom. The molecule has 0 saturated heterocycles. The fourth-order valence-electron chi connectivity index (χ4n) is 16.8. The first-order valence-electron chi connectivity index (χ1n) is 36.0. The number of aromatic nitrogens is 2. The van der Waals surface area contributed by atoms with E-state index in [1.807, 2.05) is 36.4 Å². The van der Waals surface area contributed by atoms with Gasteiger partial charge in [0.1, 0.15) is 0 Å². The lowest BCUT2D eigenvalue weighted by atomic mass is 9.86. The van der Waals surface area contributed by atoms with Crippen molar-refractivity contribution in [1.82, 2.24) is 9.13 Å². The number of para-hydroxylation sites is 2. The molecule has 0 amide bonds. The van der Waals surface area contributed by atoms with Crippen molar-refractivity contribution in [3.05, 3.63) is 399 Å². The second-order valence-electron chi connectivity index (χ2n) is 27.5. The van der Waals surface area contributed by atoms with Crippen molar-refractivity contribution in [2.75, 3.05) is 0 Å². The van der Waals surface area contributed by atoms with Crippen molar-refractivity contribution in [2.45, 2.75) is 0 Å². The number of rotatable bonds is 8. The summed E-state index contributed by atoms with van der Waals surface area (Å²) in [5, 5.41) is 22.1. The van der Waals surface area contributed by atoms with Crippen molar-refractivity contribution >= 4 is 130 Å². The van der Waals surface area contributed by atoms with Crippen LogP contribution in [0.1, 0.15) is 0 Å². The van der Waals surface area contributed by atoms with E-state index in [1.165, 1.54) is 120 Å². The number of benzene rings is 19. The van der Waals surface area contributed by atoms with Gasteiger partial charge >= 0.3 is 0 Å². The second kappa shape index (κ2) is 25.3. The van der Waals surface area contributed by atoms with Crippen LogP contribution in [0.2, 0.25) is 0 Å². The molecule has 0 radical (unpaired) electrons. The van der Waals surface area contributed by atoms with Crippen LogP contribution in [-0.4, -0.2) is 9.13 Å². The molecule has 21 rings (SSSR count). The maximum absolute atomic E-state index is 7.63. The highest BCUT2D eigenvalue weighted by Gasteiger charge is 2.21. The average molecular weight is 1340 g/mol. The maximum atomic E-state index is 7.63. The summed E-state index contributed by atoms with van der Waals surface area (Å²) in [4.78, 5) is 7.44. The van der Waals surface area contributed by atoms with Gasteiger partial charge in [-0.15, -0.1) is 0 Å². The topological polar surface area (TPSA) is 18.6 Å². The minimum atomic E-state index is 0.652. The molecule has 19 aromatic carbocycles. The van der Waals surface area contributed by atoms with Gasteiger partial charge in [0.2, 0.25) is 0 Å². The predicted molar refractivity (Wildman–Crippen MR) is 449 cm³/mol. The van der Waals surface area contributed by atoms with Gasteiger partial charge in [0.25, 0.3) is 0 Å². The molecule has 0 fully saturated rings. The molecule has 0 atom stereocenters. The molecule has 106 heavy (non-hydrogen) atoms. The average Bonchev–Trinajstić information content (AvgIpc) is 0.868. The largest absolute Gasteiger partial charge is 0.309 e. The zero-order chi connectivity index (χ0) is 70.3. The van der Waals surface area contributed by atoms with Gasteiger partial charge in [-0.05, 0) is 238 Å².